The molecule has 2 aromatic carbocycles. The number of carbonyl (C=O) groups excluding carboxylic acids is 1. The van der Waals surface area contributed by atoms with E-state index in [9.17, 15) is 9.18 Å². The summed E-state index contributed by atoms with van der Waals surface area (Å²) in [4.78, 5) is 18.2. The van der Waals surface area contributed by atoms with Gasteiger partial charge in [0.05, 0.1) is 12.2 Å². The third kappa shape index (κ3) is 4.85. The van der Waals surface area contributed by atoms with E-state index in [1.165, 1.54) is 6.92 Å². The Labute approximate surface area is 163 Å². The molecular weight excluding hydrogens is 358 g/mol. The summed E-state index contributed by atoms with van der Waals surface area (Å²) in [6.07, 6.45) is 1.57. The Morgan fingerprint density at radius 2 is 1.79 bits per heavy atom. The van der Waals surface area contributed by atoms with Crippen molar-refractivity contribution in [2.45, 2.75) is 13.5 Å². The van der Waals surface area contributed by atoms with E-state index < -0.39 is 6.67 Å². The lowest BCUT2D eigenvalue weighted by Gasteiger charge is -2.24. The Hall–Kier alpha value is -3.41. The van der Waals surface area contributed by atoms with Crippen LogP contribution in [0.5, 0.6) is 17.4 Å². The molecule has 0 aliphatic rings. The second kappa shape index (κ2) is 9.50. The number of anilines is 1. The quantitative estimate of drug-likeness (QED) is 0.565. The van der Waals surface area contributed by atoms with Crippen molar-refractivity contribution in [3.05, 3.63) is 78.5 Å². The first kappa shape index (κ1) is 19.4. The van der Waals surface area contributed by atoms with E-state index in [1.807, 2.05) is 54.6 Å². The van der Waals surface area contributed by atoms with Crippen molar-refractivity contribution in [3.63, 3.8) is 0 Å². The van der Waals surface area contributed by atoms with E-state index in [1.54, 1.807) is 23.2 Å². The number of nitrogens with zero attached hydrogens (tertiary/aromatic N) is 2. The minimum absolute atomic E-state index is 0.0855. The number of ether oxygens (including phenoxy) is 2. The maximum absolute atomic E-state index is 12.5. The predicted molar refractivity (Wildman–Crippen MR) is 106 cm³/mol. The van der Waals surface area contributed by atoms with Crippen LogP contribution in [0.4, 0.5) is 10.1 Å². The number of para-hydroxylation sites is 3. The van der Waals surface area contributed by atoms with Gasteiger partial charge in [0.2, 0.25) is 11.8 Å². The van der Waals surface area contributed by atoms with Crippen LogP contribution in [-0.4, -0.2) is 24.2 Å². The lowest BCUT2D eigenvalue weighted by atomic mass is 10.2. The third-order valence-electron chi connectivity index (χ3n) is 4.00. The molecule has 3 rings (SSSR count). The topological polar surface area (TPSA) is 51.7 Å². The normalized spacial score (nSPS) is 10.4. The number of amides is 1. The summed E-state index contributed by atoms with van der Waals surface area (Å²) in [6, 6.07) is 20.2. The maximum Gasteiger partial charge on any atom is 0.224 e. The molecule has 0 saturated heterocycles. The molecule has 1 heterocycles. The van der Waals surface area contributed by atoms with Crippen molar-refractivity contribution in [2.75, 3.05) is 18.2 Å². The van der Waals surface area contributed by atoms with Gasteiger partial charge in [-0.1, -0.05) is 36.4 Å². The number of aromatic nitrogens is 1. The minimum Gasteiger partial charge on any atom is -0.475 e. The summed E-state index contributed by atoms with van der Waals surface area (Å²) in [5, 5.41) is 0. The number of hydrogen-bond acceptors (Lipinski definition) is 4. The standard InChI is InChI=1S/C22H21FN2O3/c1-17(26)25(16-18-8-7-14-24-22(18)27-15-13-23)20-11-5-6-12-21(20)28-19-9-3-2-4-10-19/h2-12,14H,13,15-16H2,1H3/i23-1. The van der Waals surface area contributed by atoms with E-state index in [0.29, 0.717) is 28.6 Å². The number of hydrogen-bond donors (Lipinski definition) is 0. The zero-order valence-corrected chi connectivity index (χ0v) is 15.5. The van der Waals surface area contributed by atoms with Crippen LogP contribution in [0.1, 0.15) is 12.5 Å². The molecule has 1 amide bonds. The van der Waals surface area contributed by atoms with E-state index in [-0.39, 0.29) is 19.1 Å². The Kier molecular flexibility index (Phi) is 6.57. The molecule has 0 bridgehead atoms. The van der Waals surface area contributed by atoms with Gasteiger partial charge in [0, 0.05) is 18.7 Å². The zero-order chi connectivity index (χ0) is 19.8. The monoisotopic (exact) mass is 379 g/mol. The molecule has 0 saturated carbocycles. The van der Waals surface area contributed by atoms with Crippen LogP contribution >= 0.6 is 0 Å². The lowest BCUT2D eigenvalue weighted by Crippen LogP contribution is -2.28. The average Bonchev–Trinajstić information content (AvgIpc) is 2.72. The second-order valence-electron chi connectivity index (χ2n) is 5.99. The first-order valence-corrected chi connectivity index (χ1v) is 8.91. The first-order valence-electron chi connectivity index (χ1n) is 8.91. The summed E-state index contributed by atoms with van der Waals surface area (Å²) < 4.78 is 23.8. The van der Waals surface area contributed by atoms with Gasteiger partial charge in [-0.2, -0.15) is 0 Å². The lowest BCUT2D eigenvalue weighted by molar-refractivity contribution is -0.116. The zero-order valence-electron chi connectivity index (χ0n) is 15.5. The van der Waals surface area contributed by atoms with Crippen molar-refractivity contribution in [2.24, 2.45) is 0 Å². The van der Waals surface area contributed by atoms with Gasteiger partial charge in [0.25, 0.3) is 0 Å². The molecule has 0 fully saturated rings. The highest BCUT2D eigenvalue weighted by atomic mass is 18.2. The summed E-state index contributed by atoms with van der Waals surface area (Å²) in [6.45, 7) is 1.01. The highest BCUT2D eigenvalue weighted by molar-refractivity contribution is 5.93. The molecule has 6 heteroatoms. The smallest absolute Gasteiger partial charge is 0.224 e. The number of rotatable bonds is 8. The van der Waals surface area contributed by atoms with Gasteiger partial charge in [-0.05, 0) is 30.3 Å². The van der Waals surface area contributed by atoms with E-state index in [0.717, 1.165) is 0 Å². The van der Waals surface area contributed by atoms with Crippen molar-refractivity contribution in [3.8, 4) is 17.4 Å². The summed E-state index contributed by atoms with van der Waals surface area (Å²) in [5.74, 6) is 1.38. The SMILES string of the molecule is CC(=O)N(Cc1cccnc1OCC[18F])c1ccccc1Oc1ccccc1. The molecule has 5 nitrogen and oxygen atoms in total. The van der Waals surface area contributed by atoms with Crippen molar-refractivity contribution in [1.82, 2.24) is 4.98 Å². The Morgan fingerprint density at radius 3 is 2.54 bits per heavy atom. The molecule has 28 heavy (non-hydrogen) atoms. The highest BCUT2D eigenvalue weighted by Gasteiger charge is 2.19. The largest absolute Gasteiger partial charge is 0.475 e. The molecule has 0 unspecified atom stereocenters. The molecule has 0 atom stereocenters. The molecular formula is C22H21FN2O3. The van der Waals surface area contributed by atoms with Gasteiger partial charge in [-0.3, -0.25) is 4.79 Å². The predicted octanol–water partition coefficient (Wildman–Crippen LogP) is 4.78. The highest BCUT2D eigenvalue weighted by Crippen LogP contribution is 2.33. The molecule has 0 N–H and O–H groups in total. The number of pyridine rings is 1. The minimum atomic E-state index is -0.611. The fourth-order valence-corrected chi connectivity index (χ4v) is 2.73. The molecule has 0 aliphatic heterocycles. The van der Waals surface area contributed by atoms with Crippen molar-refractivity contribution < 1.29 is 18.7 Å². The summed E-state index contributed by atoms with van der Waals surface area (Å²) >= 11 is 0. The van der Waals surface area contributed by atoms with Gasteiger partial charge in [0.15, 0.2) is 5.75 Å². The van der Waals surface area contributed by atoms with Crippen LogP contribution in [0.3, 0.4) is 0 Å². The number of benzene rings is 2. The van der Waals surface area contributed by atoms with Gasteiger partial charge in [-0.15, -0.1) is 0 Å². The van der Waals surface area contributed by atoms with Gasteiger partial charge < -0.3 is 14.4 Å². The fourth-order valence-electron chi connectivity index (χ4n) is 2.73. The molecule has 0 radical (unpaired) electrons. The van der Waals surface area contributed by atoms with Crippen molar-refractivity contribution >= 4 is 11.6 Å². The van der Waals surface area contributed by atoms with E-state index in [2.05, 4.69) is 4.98 Å². The van der Waals surface area contributed by atoms with Gasteiger partial charge in [-0.25, -0.2) is 9.37 Å². The van der Waals surface area contributed by atoms with Gasteiger partial charge in [0.1, 0.15) is 19.0 Å². The number of halogens is 1. The Balaban J connectivity index is 1.91. The van der Waals surface area contributed by atoms with Crippen LogP contribution in [0.25, 0.3) is 0 Å². The second-order valence-corrected chi connectivity index (χ2v) is 5.99. The number of carbonyl (C=O) groups is 1. The molecule has 3 aromatic rings. The summed E-state index contributed by atoms with van der Waals surface area (Å²) in [5.41, 5.74) is 1.31. The molecule has 1 aromatic heterocycles. The van der Waals surface area contributed by atoms with Crippen LogP contribution in [0.15, 0.2) is 72.9 Å². The molecule has 0 spiro atoms. The average molecular weight is 379 g/mol. The van der Waals surface area contributed by atoms with Gasteiger partial charge >= 0.3 is 0 Å². The fraction of sp³-hybridized carbons (Fsp3) is 0.182. The van der Waals surface area contributed by atoms with Crippen LogP contribution in [0.2, 0.25) is 0 Å². The van der Waals surface area contributed by atoms with E-state index in [4.69, 9.17) is 9.47 Å². The Morgan fingerprint density at radius 1 is 1.04 bits per heavy atom. The van der Waals surface area contributed by atoms with Crippen LogP contribution in [-0.2, 0) is 11.3 Å². The van der Waals surface area contributed by atoms with Crippen LogP contribution < -0.4 is 14.4 Å². The molecule has 144 valence electrons. The van der Waals surface area contributed by atoms with Crippen molar-refractivity contribution in [1.29, 1.82) is 0 Å². The third-order valence-corrected chi connectivity index (χ3v) is 4.00. The van der Waals surface area contributed by atoms with E-state index >= 15 is 0 Å². The summed E-state index contributed by atoms with van der Waals surface area (Å²) in [7, 11) is 0. The van der Waals surface area contributed by atoms with Crippen LogP contribution in [0, 0.1) is 0 Å². The molecule has 0 aliphatic carbocycles. The Bertz CT molecular complexity index is 918. The maximum atomic E-state index is 12.5. The number of alkyl halides is 1. The first-order chi connectivity index (χ1) is 13.7.